The van der Waals surface area contributed by atoms with Crippen molar-refractivity contribution in [3.63, 3.8) is 0 Å². The van der Waals surface area contributed by atoms with Crippen molar-refractivity contribution in [2.45, 2.75) is 44.9 Å². The van der Waals surface area contributed by atoms with Crippen LogP contribution in [-0.4, -0.2) is 48.2 Å². The second-order valence-corrected chi connectivity index (χ2v) is 7.57. The molecule has 5 nitrogen and oxygen atoms in total. The van der Waals surface area contributed by atoms with Crippen LogP contribution in [0.1, 0.15) is 43.2 Å². The highest BCUT2D eigenvalue weighted by Gasteiger charge is 2.19. The van der Waals surface area contributed by atoms with Crippen LogP contribution in [0.15, 0.2) is 60.7 Å². The van der Waals surface area contributed by atoms with Crippen LogP contribution in [0.4, 0.5) is 0 Å². The number of carbonyl (C=O) groups excluding carboxylic acids is 3. The summed E-state index contributed by atoms with van der Waals surface area (Å²) in [5, 5.41) is 0. The molecule has 0 bridgehead atoms. The average molecular weight is 409 g/mol. The molecule has 0 atom stereocenters. The summed E-state index contributed by atoms with van der Waals surface area (Å²) < 4.78 is 0. The minimum Gasteiger partial charge on any atom is -0.345 e. The summed E-state index contributed by atoms with van der Waals surface area (Å²) in [7, 11) is 1.71. The first-order valence-electron chi connectivity index (χ1n) is 10.7. The minimum absolute atomic E-state index is 0.240. The van der Waals surface area contributed by atoms with Crippen LogP contribution in [0.3, 0.4) is 0 Å². The zero-order valence-electron chi connectivity index (χ0n) is 17.8. The van der Waals surface area contributed by atoms with Gasteiger partial charge < -0.3 is 4.90 Å². The molecular weight excluding hydrogens is 376 g/mol. The molecule has 0 N–H and O–H groups in total. The van der Waals surface area contributed by atoms with Crippen molar-refractivity contribution >= 4 is 18.2 Å². The molecule has 0 radical (unpaired) electrons. The van der Waals surface area contributed by atoms with E-state index in [1.807, 2.05) is 36.4 Å². The van der Waals surface area contributed by atoms with Crippen LogP contribution in [-0.2, 0) is 27.2 Å². The summed E-state index contributed by atoms with van der Waals surface area (Å²) in [5.41, 5.74) is 2.53. The average Bonchev–Trinajstić information content (AvgIpc) is 2.78. The lowest BCUT2D eigenvalue weighted by Gasteiger charge is -2.19. The third-order valence-corrected chi connectivity index (χ3v) is 5.18. The first-order chi connectivity index (χ1) is 14.6. The second-order valence-electron chi connectivity index (χ2n) is 7.57. The maximum absolute atomic E-state index is 12.3. The molecule has 0 spiro atoms. The fraction of sp³-hybridized carbons (Fsp3) is 0.400. The highest BCUT2D eigenvalue weighted by Crippen LogP contribution is 2.07. The minimum atomic E-state index is -0.425. The van der Waals surface area contributed by atoms with Crippen molar-refractivity contribution in [1.82, 2.24) is 9.80 Å². The summed E-state index contributed by atoms with van der Waals surface area (Å²) in [6, 6.07) is 20.4. The second kappa shape index (κ2) is 13.3. The fourth-order valence-corrected chi connectivity index (χ4v) is 3.31. The van der Waals surface area contributed by atoms with Crippen LogP contribution >= 0.6 is 0 Å². The number of nitrogens with zero attached hydrogens (tertiary/aromatic N) is 2. The SMILES string of the molecule is CN(CCCCc1ccccc1)C(=O)CC(=O)N(C=O)CCCCc1ccccc1. The smallest absolute Gasteiger partial charge is 0.238 e. The summed E-state index contributed by atoms with van der Waals surface area (Å²) in [6.07, 6.45) is 5.64. The van der Waals surface area contributed by atoms with Gasteiger partial charge in [0.25, 0.3) is 0 Å². The number of hydrogen-bond donors (Lipinski definition) is 0. The fourth-order valence-electron chi connectivity index (χ4n) is 3.31. The molecule has 0 aliphatic rings. The largest absolute Gasteiger partial charge is 0.345 e. The van der Waals surface area contributed by atoms with Gasteiger partial charge in [-0.05, 0) is 49.7 Å². The summed E-state index contributed by atoms with van der Waals surface area (Å²) in [4.78, 5) is 38.6. The van der Waals surface area contributed by atoms with Gasteiger partial charge in [-0.3, -0.25) is 19.3 Å². The number of rotatable bonds is 13. The van der Waals surface area contributed by atoms with E-state index in [4.69, 9.17) is 0 Å². The van der Waals surface area contributed by atoms with Crippen molar-refractivity contribution in [1.29, 1.82) is 0 Å². The standard InChI is InChI=1S/C25H32N2O3/c1-26(18-10-8-16-22-12-4-2-5-13-22)24(29)20-25(30)27(21-28)19-11-9-17-23-14-6-3-7-15-23/h2-7,12-15,21H,8-11,16-20H2,1H3. The van der Waals surface area contributed by atoms with Gasteiger partial charge >= 0.3 is 0 Å². The van der Waals surface area contributed by atoms with Crippen molar-refractivity contribution in [3.05, 3.63) is 71.8 Å². The molecule has 2 rings (SSSR count). The molecule has 5 heteroatoms. The Morgan fingerprint density at radius 2 is 1.23 bits per heavy atom. The van der Waals surface area contributed by atoms with Gasteiger partial charge in [-0.25, -0.2) is 0 Å². The maximum atomic E-state index is 12.3. The van der Waals surface area contributed by atoms with Crippen molar-refractivity contribution in [2.75, 3.05) is 20.1 Å². The first kappa shape index (κ1) is 23.3. The van der Waals surface area contributed by atoms with Crippen LogP contribution in [0.2, 0.25) is 0 Å². The van der Waals surface area contributed by atoms with E-state index in [2.05, 4.69) is 24.3 Å². The number of unbranched alkanes of at least 4 members (excludes halogenated alkanes) is 2. The summed E-state index contributed by atoms with van der Waals surface area (Å²) in [5.74, 6) is -0.665. The Kier molecular flexibility index (Phi) is 10.3. The Balaban J connectivity index is 1.63. The Labute approximate surface area is 179 Å². The Hall–Kier alpha value is -2.95. The normalized spacial score (nSPS) is 10.4. The molecular formula is C25H32N2O3. The number of aryl methyl sites for hydroxylation is 2. The van der Waals surface area contributed by atoms with Gasteiger partial charge in [0.05, 0.1) is 0 Å². The van der Waals surface area contributed by atoms with Crippen LogP contribution in [0, 0.1) is 0 Å². The van der Waals surface area contributed by atoms with Gasteiger partial charge in [-0.2, -0.15) is 0 Å². The summed E-state index contributed by atoms with van der Waals surface area (Å²) in [6.45, 7) is 0.959. The summed E-state index contributed by atoms with van der Waals surface area (Å²) >= 11 is 0. The Morgan fingerprint density at radius 3 is 1.73 bits per heavy atom. The number of benzene rings is 2. The van der Waals surface area contributed by atoms with Gasteiger partial charge in [0.15, 0.2) is 0 Å². The number of hydrogen-bond acceptors (Lipinski definition) is 3. The molecule has 3 amide bonds. The molecule has 30 heavy (non-hydrogen) atoms. The highest BCUT2D eigenvalue weighted by molar-refractivity contribution is 6.00. The highest BCUT2D eigenvalue weighted by atomic mass is 16.2. The molecule has 0 aliphatic carbocycles. The van der Waals surface area contributed by atoms with Crippen molar-refractivity contribution in [2.24, 2.45) is 0 Å². The van der Waals surface area contributed by atoms with E-state index in [9.17, 15) is 14.4 Å². The van der Waals surface area contributed by atoms with Crippen LogP contribution in [0.25, 0.3) is 0 Å². The molecule has 0 saturated heterocycles. The topological polar surface area (TPSA) is 57.7 Å². The number of amides is 3. The van der Waals surface area contributed by atoms with Crippen LogP contribution < -0.4 is 0 Å². The molecule has 0 aromatic heterocycles. The maximum Gasteiger partial charge on any atom is 0.238 e. The number of carbonyl (C=O) groups is 3. The van der Waals surface area contributed by atoms with Gasteiger partial charge in [0.2, 0.25) is 18.2 Å². The van der Waals surface area contributed by atoms with Gasteiger partial charge in [-0.1, -0.05) is 60.7 Å². The van der Waals surface area contributed by atoms with E-state index in [1.54, 1.807) is 11.9 Å². The molecule has 160 valence electrons. The molecule has 0 fully saturated rings. The Bertz CT molecular complexity index is 777. The predicted octanol–water partition coefficient (Wildman–Crippen LogP) is 3.87. The van der Waals surface area contributed by atoms with Crippen molar-refractivity contribution in [3.8, 4) is 0 Å². The van der Waals surface area contributed by atoms with E-state index >= 15 is 0 Å². The van der Waals surface area contributed by atoms with E-state index in [1.165, 1.54) is 11.1 Å². The third-order valence-electron chi connectivity index (χ3n) is 5.18. The third kappa shape index (κ3) is 8.60. The number of imide groups is 1. The first-order valence-corrected chi connectivity index (χ1v) is 10.7. The molecule has 0 saturated carbocycles. The van der Waals surface area contributed by atoms with E-state index in [-0.39, 0.29) is 12.3 Å². The lowest BCUT2D eigenvalue weighted by Crippen LogP contribution is -2.36. The predicted molar refractivity (Wildman–Crippen MR) is 119 cm³/mol. The van der Waals surface area contributed by atoms with Crippen LogP contribution in [0.5, 0.6) is 0 Å². The van der Waals surface area contributed by atoms with E-state index in [0.717, 1.165) is 43.4 Å². The zero-order chi connectivity index (χ0) is 21.6. The molecule has 2 aromatic carbocycles. The van der Waals surface area contributed by atoms with Crippen molar-refractivity contribution < 1.29 is 14.4 Å². The molecule has 0 heterocycles. The zero-order valence-corrected chi connectivity index (χ0v) is 17.8. The van der Waals surface area contributed by atoms with Gasteiger partial charge in [-0.15, -0.1) is 0 Å². The van der Waals surface area contributed by atoms with E-state index < -0.39 is 5.91 Å². The lowest BCUT2D eigenvalue weighted by molar-refractivity contribution is -0.142. The molecule has 0 unspecified atom stereocenters. The molecule has 0 aliphatic heterocycles. The Morgan fingerprint density at radius 1 is 0.733 bits per heavy atom. The van der Waals surface area contributed by atoms with E-state index in [0.29, 0.717) is 19.5 Å². The molecule has 2 aromatic rings. The van der Waals surface area contributed by atoms with Gasteiger partial charge in [0.1, 0.15) is 6.42 Å². The monoisotopic (exact) mass is 408 g/mol. The lowest BCUT2D eigenvalue weighted by atomic mass is 10.1. The van der Waals surface area contributed by atoms with Gasteiger partial charge in [0, 0.05) is 20.1 Å². The quantitative estimate of drug-likeness (QED) is 0.287.